The topological polar surface area (TPSA) is 148 Å². The molecule has 0 bridgehead atoms. The Kier molecular flexibility index (Phi) is 5.24. The number of nitrogens with zero attached hydrogens (tertiary/aromatic N) is 5. The van der Waals surface area contributed by atoms with Crippen LogP contribution in [0.15, 0.2) is 47.8 Å². The molecule has 4 rings (SSSR count). The summed E-state index contributed by atoms with van der Waals surface area (Å²) in [5.74, 6) is -0.463. The van der Waals surface area contributed by atoms with Crippen molar-refractivity contribution in [2.45, 2.75) is 17.9 Å². The fraction of sp³-hybridized carbons (Fsp3) is 0.176. The second-order valence-corrected chi connectivity index (χ2v) is 9.30. The predicted octanol–water partition coefficient (Wildman–Crippen LogP) is 1.84. The van der Waals surface area contributed by atoms with Gasteiger partial charge in [-0.05, 0) is 6.07 Å². The smallest absolute Gasteiger partial charge is 0.277 e. The van der Waals surface area contributed by atoms with E-state index < -0.39 is 20.9 Å². The van der Waals surface area contributed by atoms with E-state index in [1.54, 1.807) is 0 Å². The first-order valence-corrected chi connectivity index (χ1v) is 10.9. The Balaban J connectivity index is 1.53. The average molecular weight is 446 g/mol. The molecule has 0 atom stereocenters. The number of fused-ring (bicyclic) bond motifs is 1. The molecule has 0 fully saturated rings. The van der Waals surface area contributed by atoms with Crippen LogP contribution in [0.25, 0.3) is 0 Å². The molecule has 0 spiro atoms. The molecule has 1 aliphatic heterocycles. The van der Waals surface area contributed by atoms with Crippen molar-refractivity contribution in [3.8, 4) is 0 Å². The Morgan fingerprint density at radius 2 is 2.13 bits per heavy atom. The summed E-state index contributed by atoms with van der Waals surface area (Å²) in [5, 5.41) is 13.9. The first-order valence-electron chi connectivity index (χ1n) is 8.65. The van der Waals surface area contributed by atoms with Gasteiger partial charge in [-0.25, -0.2) is 18.4 Å². The summed E-state index contributed by atoms with van der Waals surface area (Å²) in [7, 11) is -3.92. The molecule has 13 heteroatoms. The van der Waals surface area contributed by atoms with E-state index in [1.807, 2.05) is 0 Å². The highest BCUT2D eigenvalue weighted by Crippen LogP contribution is 2.31. The number of nitro groups is 1. The number of carbonyl (C=O) groups is 1. The Bertz CT molecular complexity index is 1230. The molecule has 3 aromatic rings. The molecule has 1 amide bonds. The molecule has 30 heavy (non-hydrogen) atoms. The molecular formula is C17H14N6O5S2. The number of carbonyl (C=O) groups excluding carboxylic acids is 1. The number of hydrogen-bond donors (Lipinski definition) is 1. The highest BCUT2D eigenvalue weighted by molar-refractivity contribution is 7.89. The number of non-ortho nitro benzene ring substituents is 1. The van der Waals surface area contributed by atoms with Crippen LogP contribution in [0.5, 0.6) is 0 Å². The zero-order valence-corrected chi connectivity index (χ0v) is 16.9. The van der Waals surface area contributed by atoms with Crippen molar-refractivity contribution < 1.29 is 18.1 Å². The maximum absolute atomic E-state index is 12.9. The molecule has 154 valence electrons. The predicted molar refractivity (Wildman–Crippen MR) is 106 cm³/mol. The normalized spacial score (nSPS) is 14.1. The second kappa shape index (κ2) is 7.85. The summed E-state index contributed by atoms with van der Waals surface area (Å²) in [6.07, 6.45) is 4.55. The minimum atomic E-state index is -3.92. The minimum Gasteiger partial charge on any atom is -0.296 e. The molecular weight excluding hydrogens is 432 g/mol. The lowest BCUT2D eigenvalue weighted by Gasteiger charge is -2.25. The lowest BCUT2D eigenvalue weighted by atomic mass is 10.2. The number of nitro benzene ring substituents is 1. The van der Waals surface area contributed by atoms with E-state index in [0.29, 0.717) is 22.1 Å². The summed E-state index contributed by atoms with van der Waals surface area (Å²) in [6, 6.07) is 4.96. The molecule has 3 heterocycles. The van der Waals surface area contributed by atoms with Crippen LogP contribution >= 0.6 is 11.3 Å². The summed E-state index contributed by atoms with van der Waals surface area (Å²) in [5.41, 5.74) is 0.557. The number of nitrogens with one attached hydrogen (secondary N) is 1. The summed E-state index contributed by atoms with van der Waals surface area (Å²) in [6.45, 7) is 0.248. The van der Waals surface area contributed by atoms with Crippen LogP contribution in [0.4, 0.5) is 10.8 Å². The van der Waals surface area contributed by atoms with Crippen molar-refractivity contribution >= 4 is 38.1 Å². The molecule has 0 aliphatic carbocycles. The van der Waals surface area contributed by atoms with Gasteiger partial charge in [0.2, 0.25) is 10.0 Å². The van der Waals surface area contributed by atoms with Gasteiger partial charge in [0.15, 0.2) is 5.13 Å². The Morgan fingerprint density at radius 3 is 2.87 bits per heavy atom. The molecule has 0 saturated heterocycles. The van der Waals surface area contributed by atoms with Gasteiger partial charge in [-0.3, -0.25) is 25.2 Å². The quantitative estimate of drug-likeness (QED) is 0.461. The van der Waals surface area contributed by atoms with Gasteiger partial charge in [0, 0.05) is 42.4 Å². The molecule has 0 saturated carbocycles. The van der Waals surface area contributed by atoms with E-state index in [-0.39, 0.29) is 29.4 Å². The van der Waals surface area contributed by atoms with Crippen molar-refractivity contribution in [2.75, 3.05) is 11.9 Å². The van der Waals surface area contributed by atoms with Crippen molar-refractivity contribution in [2.24, 2.45) is 0 Å². The third kappa shape index (κ3) is 3.90. The first kappa shape index (κ1) is 20.0. The number of amides is 1. The minimum absolute atomic E-state index is 0.0685. The third-order valence-corrected chi connectivity index (χ3v) is 7.22. The molecule has 2 aromatic heterocycles. The lowest BCUT2D eigenvalue weighted by Crippen LogP contribution is -2.35. The fourth-order valence-corrected chi connectivity index (χ4v) is 5.46. The van der Waals surface area contributed by atoms with Crippen molar-refractivity contribution in [1.29, 1.82) is 0 Å². The van der Waals surface area contributed by atoms with Gasteiger partial charge in [0.25, 0.3) is 11.6 Å². The van der Waals surface area contributed by atoms with E-state index in [1.165, 1.54) is 52.4 Å². The van der Waals surface area contributed by atoms with Crippen LogP contribution in [0, 0.1) is 10.1 Å². The summed E-state index contributed by atoms with van der Waals surface area (Å²) in [4.78, 5) is 35.2. The highest BCUT2D eigenvalue weighted by atomic mass is 32.2. The molecule has 1 N–H and O–H groups in total. The van der Waals surface area contributed by atoms with Crippen LogP contribution in [0.2, 0.25) is 0 Å². The number of benzene rings is 1. The third-order valence-electron chi connectivity index (χ3n) is 4.38. The van der Waals surface area contributed by atoms with Crippen LogP contribution in [-0.2, 0) is 23.0 Å². The molecule has 0 unspecified atom stereocenters. The zero-order chi connectivity index (χ0) is 21.3. The molecule has 1 aromatic carbocycles. The Hall–Kier alpha value is -3.29. The van der Waals surface area contributed by atoms with Crippen LogP contribution in [-0.4, -0.2) is 45.1 Å². The summed E-state index contributed by atoms with van der Waals surface area (Å²) >= 11 is 1.18. The van der Waals surface area contributed by atoms with E-state index in [4.69, 9.17) is 0 Å². The number of thiazole rings is 1. The van der Waals surface area contributed by atoms with E-state index in [2.05, 4.69) is 20.3 Å². The number of anilines is 1. The van der Waals surface area contributed by atoms with Crippen LogP contribution < -0.4 is 5.32 Å². The SMILES string of the molecule is O=C(Nc1nc2c(s1)CN(S(=O)(=O)c1cccc([N+](=O)[O-])c1)CC2)c1cnccn1. The molecule has 11 nitrogen and oxygen atoms in total. The summed E-state index contributed by atoms with van der Waals surface area (Å²) < 4.78 is 27.1. The van der Waals surface area contributed by atoms with E-state index in [0.717, 1.165) is 6.07 Å². The van der Waals surface area contributed by atoms with Gasteiger partial charge < -0.3 is 0 Å². The highest BCUT2D eigenvalue weighted by Gasteiger charge is 2.31. The van der Waals surface area contributed by atoms with E-state index >= 15 is 0 Å². The lowest BCUT2D eigenvalue weighted by molar-refractivity contribution is -0.385. The zero-order valence-electron chi connectivity index (χ0n) is 15.3. The van der Waals surface area contributed by atoms with Crippen LogP contribution in [0.1, 0.15) is 21.1 Å². The van der Waals surface area contributed by atoms with Gasteiger partial charge in [-0.2, -0.15) is 4.31 Å². The first-order chi connectivity index (χ1) is 14.3. The second-order valence-electron chi connectivity index (χ2n) is 6.28. The fourth-order valence-electron chi connectivity index (χ4n) is 2.91. The van der Waals surface area contributed by atoms with Crippen molar-refractivity contribution in [1.82, 2.24) is 19.3 Å². The Morgan fingerprint density at radius 1 is 1.30 bits per heavy atom. The van der Waals surface area contributed by atoms with Crippen molar-refractivity contribution in [3.63, 3.8) is 0 Å². The van der Waals surface area contributed by atoms with Gasteiger partial charge in [0.1, 0.15) is 5.69 Å². The van der Waals surface area contributed by atoms with Crippen LogP contribution in [0.3, 0.4) is 0 Å². The Labute approximate surface area is 174 Å². The van der Waals surface area contributed by atoms with Gasteiger partial charge >= 0.3 is 0 Å². The largest absolute Gasteiger partial charge is 0.296 e. The number of rotatable bonds is 5. The number of hydrogen-bond acceptors (Lipinski definition) is 9. The molecule has 1 aliphatic rings. The standard InChI is InChI=1S/C17H14N6O5S2/c24-16(14-9-18-5-6-19-14)21-17-20-13-4-7-22(10-15(13)29-17)30(27,28)12-3-1-2-11(8-12)23(25)26/h1-3,5-6,8-9H,4,7,10H2,(H,20,21,24). The number of aromatic nitrogens is 3. The van der Waals surface area contributed by atoms with Gasteiger partial charge in [-0.1, -0.05) is 6.07 Å². The average Bonchev–Trinajstić information content (AvgIpc) is 3.15. The maximum Gasteiger partial charge on any atom is 0.277 e. The van der Waals surface area contributed by atoms with Crippen molar-refractivity contribution in [3.05, 3.63) is 69.2 Å². The van der Waals surface area contributed by atoms with E-state index in [9.17, 15) is 23.3 Å². The monoisotopic (exact) mass is 446 g/mol. The molecule has 0 radical (unpaired) electrons. The van der Waals surface area contributed by atoms with Gasteiger partial charge in [0.05, 0.1) is 28.3 Å². The number of sulfonamides is 1. The van der Waals surface area contributed by atoms with Gasteiger partial charge in [-0.15, -0.1) is 11.3 Å². The maximum atomic E-state index is 12.9.